The van der Waals surface area contributed by atoms with Crippen molar-refractivity contribution in [2.45, 2.75) is 26.7 Å². The van der Waals surface area contributed by atoms with E-state index in [0.717, 1.165) is 13.0 Å². The molecule has 1 nitrogen and oxygen atoms in total. The largest absolute Gasteiger partial charge is 0.298 e. The summed E-state index contributed by atoms with van der Waals surface area (Å²) in [6, 6.07) is 0. The molecule has 1 heteroatoms. The molecule has 42 valence electrons. The summed E-state index contributed by atoms with van der Waals surface area (Å²) in [5.41, 5.74) is 0. The van der Waals surface area contributed by atoms with E-state index in [1.165, 1.54) is 6.42 Å². The van der Waals surface area contributed by atoms with Crippen LogP contribution in [0.15, 0.2) is 4.99 Å². The molecule has 0 rings (SSSR count). The van der Waals surface area contributed by atoms with Crippen LogP contribution in [0.2, 0.25) is 0 Å². The summed E-state index contributed by atoms with van der Waals surface area (Å²) in [5, 5.41) is 0. The molecule has 0 aliphatic carbocycles. The molecule has 0 unspecified atom stereocenters. The molecular weight excluding hydrogens is 86.1 g/mol. The minimum Gasteiger partial charge on any atom is -0.298 e. The van der Waals surface area contributed by atoms with Crippen molar-refractivity contribution >= 4 is 6.21 Å². The summed E-state index contributed by atoms with van der Waals surface area (Å²) < 4.78 is 0. The molecule has 0 aromatic heterocycles. The Labute approximate surface area is 45.5 Å². The lowest BCUT2D eigenvalue weighted by atomic mass is 10.4. The molecule has 0 saturated heterocycles. The molecule has 0 bridgehead atoms. The van der Waals surface area contributed by atoms with Gasteiger partial charge in [-0.15, -0.1) is 0 Å². The number of unbranched alkanes of at least 4 members (excludes halogenated alkanes) is 1. The van der Waals surface area contributed by atoms with Gasteiger partial charge in [0.2, 0.25) is 0 Å². The van der Waals surface area contributed by atoms with Crippen LogP contribution >= 0.6 is 0 Å². The van der Waals surface area contributed by atoms with Crippen LogP contribution in [0.4, 0.5) is 0 Å². The van der Waals surface area contributed by atoms with Gasteiger partial charge in [0.1, 0.15) is 0 Å². The van der Waals surface area contributed by atoms with Gasteiger partial charge in [-0.2, -0.15) is 0 Å². The van der Waals surface area contributed by atoms with Gasteiger partial charge in [-0.05, 0) is 19.6 Å². The third kappa shape index (κ3) is 5.67. The third-order valence-electron chi connectivity index (χ3n) is 0.729. The Hall–Kier alpha value is -0.330. The van der Waals surface area contributed by atoms with Crippen LogP contribution in [0.25, 0.3) is 0 Å². The first-order valence-electron chi connectivity index (χ1n) is 2.90. The van der Waals surface area contributed by atoms with Gasteiger partial charge in [-0.1, -0.05) is 13.3 Å². The van der Waals surface area contributed by atoms with Crippen molar-refractivity contribution in [3.8, 4) is 0 Å². The fraction of sp³-hybridized carbons (Fsp3) is 0.833. The topological polar surface area (TPSA) is 12.4 Å². The van der Waals surface area contributed by atoms with Gasteiger partial charge in [0.25, 0.3) is 0 Å². The average molecular weight is 99.2 g/mol. The van der Waals surface area contributed by atoms with Gasteiger partial charge in [0, 0.05) is 6.54 Å². The van der Waals surface area contributed by atoms with E-state index in [2.05, 4.69) is 11.9 Å². The minimum absolute atomic E-state index is 0.931. The maximum absolute atomic E-state index is 4.04. The van der Waals surface area contributed by atoms with E-state index in [1.807, 2.05) is 13.1 Å². The van der Waals surface area contributed by atoms with Crippen LogP contribution in [0.3, 0.4) is 0 Å². The standard InChI is InChI=1S/C6H13N/c1-3-5-6-7-4-2/h6H,3-5H2,1-2H3. The second-order valence-corrected chi connectivity index (χ2v) is 1.47. The van der Waals surface area contributed by atoms with Crippen LogP contribution in [0, 0.1) is 0 Å². The lowest BCUT2D eigenvalue weighted by molar-refractivity contribution is 0.995. The number of hydrogen-bond acceptors (Lipinski definition) is 1. The van der Waals surface area contributed by atoms with E-state index >= 15 is 0 Å². The van der Waals surface area contributed by atoms with Crippen LogP contribution in [-0.4, -0.2) is 12.8 Å². The quantitative estimate of drug-likeness (QED) is 0.479. The molecule has 0 saturated carbocycles. The predicted molar refractivity (Wildman–Crippen MR) is 33.9 cm³/mol. The molecule has 0 amide bonds. The highest BCUT2D eigenvalue weighted by molar-refractivity contribution is 5.56. The number of rotatable bonds is 3. The lowest BCUT2D eigenvalue weighted by Gasteiger charge is -1.80. The zero-order valence-electron chi connectivity index (χ0n) is 5.15. The van der Waals surface area contributed by atoms with Crippen molar-refractivity contribution in [1.82, 2.24) is 0 Å². The summed E-state index contributed by atoms with van der Waals surface area (Å²) in [5.74, 6) is 0. The Kier molecular flexibility index (Phi) is 5.40. The fourth-order valence-corrected chi connectivity index (χ4v) is 0.349. The molecule has 0 fully saturated rings. The summed E-state index contributed by atoms with van der Waals surface area (Å²) >= 11 is 0. The minimum atomic E-state index is 0.931. The van der Waals surface area contributed by atoms with Gasteiger partial charge in [0.15, 0.2) is 0 Å². The third-order valence-corrected chi connectivity index (χ3v) is 0.729. The fourth-order valence-electron chi connectivity index (χ4n) is 0.349. The van der Waals surface area contributed by atoms with E-state index in [9.17, 15) is 0 Å². The van der Waals surface area contributed by atoms with Crippen LogP contribution in [0.1, 0.15) is 26.7 Å². The van der Waals surface area contributed by atoms with Crippen molar-refractivity contribution < 1.29 is 0 Å². The predicted octanol–water partition coefficient (Wildman–Crippen LogP) is 1.88. The number of aliphatic imine (C=N–C) groups is 1. The van der Waals surface area contributed by atoms with Crippen molar-refractivity contribution in [2.24, 2.45) is 4.99 Å². The van der Waals surface area contributed by atoms with Crippen LogP contribution < -0.4 is 0 Å². The summed E-state index contributed by atoms with van der Waals surface area (Å²) in [6.07, 6.45) is 4.33. The number of nitrogens with zero attached hydrogens (tertiary/aromatic N) is 1. The molecular formula is C6H13N. The monoisotopic (exact) mass is 99.1 g/mol. The summed E-state index contributed by atoms with van der Waals surface area (Å²) in [6.45, 7) is 5.13. The molecule has 0 aliphatic heterocycles. The van der Waals surface area contributed by atoms with E-state index < -0.39 is 0 Å². The molecule has 0 aromatic rings. The van der Waals surface area contributed by atoms with E-state index in [0.29, 0.717) is 0 Å². The highest BCUT2D eigenvalue weighted by Gasteiger charge is 1.68. The Morgan fingerprint density at radius 2 is 2.14 bits per heavy atom. The second kappa shape index (κ2) is 5.67. The molecule has 7 heavy (non-hydrogen) atoms. The highest BCUT2D eigenvalue weighted by Crippen LogP contribution is 1.79. The zero-order valence-corrected chi connectivity index (χ0v) is 5.15. The SMILES string of the molecule is CCCC=NCC. The van der Waals surface area contributed by atoms with Gasteiger partial charge in [-0.3, -0.25) is 4.99 Å². The van der Waals surface area contributed by atoms with Gasteiger partial charge < -0.3 is 0 Å². The van der Waals surface area contributed by atoms with Crippen molar-refractivity contribution in [3.05, 3.63) is 0 Å². The van der Waals surface area contributed by atoms with Gasteiger partial charge in [-0.25, -0.2) is 0 Å². The summed E-state index contributed by atoms with van der Waals surface area (Å²) in [7, 11) is 0. The molecule has 0 spiro atoms. The molecule has 0 aromatic carbocycles. The molecule has 0 N–H and O–H groups in total. The van der Waals surface area contributed by atoms with Crippen LogP contribution in [0.5, 0.6) is 0 Å². The van der Waals surface area contributed by atoms with E-state index in [4.69, 9.17) is 0 Å². The maximum atomic E-state index is 4.04. The van der Waals surface area contributed by atoms with Crippen LogP contribution in [-0.2, 0) is 0 Å². The Morgan fingerprint density at radius 1 is 1.43 bits per heavy atom. The Morgan fingerprint density at radius 3 is 2.57 bits per heavy atom. The highest BCUT2D eigenvalue weighted by atomic mass is 14.7. The van der Waals surface area contributed by atoms with Crippen molar-refractivity contribution in [3.63, 3.8) is 0 Å². The Bertz CT molecular complexity index is 48.1. The van der Waals surface area contributed by atoms with Crippen molar-refractivity contribution in [2.75, 3.05) is 6.54 Å². The molecule has 0 aliphatic rings. The second-order valence-electron chi connectivity index (χ2n) is 1.47. The zero-order chi connectivity index (χ0) is 5.54. The first-order chi connectivity index (χ1) is 3.41. The first-order valence-corrected chi connectivity index (χ1v) is 2.90. The molecule has 0 radical (unpaired) electrons. The summed E-state index contributed by atoms with van der Waals surface area (Å²) in [4.78, 5) is 4.04. The van der Waals surface area contributed by atoms with Gasteiger partial charge in [0.05, 0.1) is 0 Å². The van der Waals surface area contributed by atoms with E-state index in [-0.39, 0.29) is 0 Å². The average Bonchev–Trinajstić information content (AvgIpc) is 1.69. The van der Waals surface area contributed by atoms with Gasteiger partial charge >= 0.3 is 0 Å². The lowest BCUT2D eigenvalue weighted by Crippen LogP contribution is -1.73. The van der Waals surface area contributed by atoms with E-state index in [1.54, 1.807) is 0 Å². The normalized spacial score (nSPS) is 10.6. The Balaban J connectivity index is 2.78. The smallest absolute Gasteiger partial charge is 0.0357 e. The number of hydrogen-bond donors (Lipinski definition) is 0. The maximum Gasteiger partial charge on any atom is 0.0357 e. The molecule has 0 heterocycles. The van der Waals surface area contributed by atoms with Crippen molar-refractivity contribution in [1.29, 1.82) is 0 Å². The molecule has 0 atom stereocenters. The first kappa shape index (κ1) is 6.67.